The highest BCUT2D eigenvalue weighted by Crippen LogP contribution is 2.35. The molecule has 94 valence electrons. The third-order valence-electron chi connectivity index (χ3n) is 3.01. The highest BCUT2D eigenvalue weighted by molar-refractivity contribution is 7.11. The van der Waals surface area contributed by atoms with Gasteiger partial charge in [0.15, 0.2) is 0 Å². The van der Waals surface area contributed by atoms with E-state index in [-0.39, 0.29) is 0 Å². The normalized spacial score (nSPS) is 13.6. The van der Waals surface area contributed by atoms with Crippen LogP contribution in [0.4, 0.5) is 0 Å². The molecule has 1 aliphatic rings. The zero-order valence-corrected chi connectivity index (χ0v) is 11.5. The van der Waals surface area contributed by atoms with Crippen LogP contribution in [0.2, 0.25) is 0 Å². The number of hydrogen-bond acceptors (Lipinski definition) is 2. The quantitative estimate of drug-likeness (QED) is 0.693. The molecule has 0 N–H and O–H groups in total. The zero-order chi connectivity index (χ0) is 13.1. The maximum Gasteiger partial charge on any atom is 0.135 e. The van der Waals surface area contributed by atoms with Crippen molar-refractivity contribution in [2.45, 2.75) is 13.3 Å². The van der Waals surface area contributed by atoms with Gasteiger partial charge in [-0.25, -0.2) is 0 Å². The number of hydrogen-bond donors (Lipinski definition) is 0. The average Bonchev–Trinajstić information content (AvgIpc) is 3.02. The fourth-order valence-corrected chi connectivity index (χ4v) is 2.91. The lowest BCUT2D eigenvalue weighted by Crippen LogP contribution is -1.78. The van der Waals surface area contributed by atoms with E-state index in [1.54, 1.807) is 11.3 Å². The Labute approximate surface area is 116 Å². The molecule has 0 unspecified atom stereocenters. The summed E-state index contributed by atoms with van der Waals surface area (Å²) in [5, 5.41) is 2.10. The molecular weight excluding hydrogens is 252 g/mol. The van der Waals surface area contributed by atoms with Gasteiger partial charge in [-0.1, -0.05) is 25.2 Å². The van der Waals surface area contributed by atoms with Crippen LogP contribution in [-0.4, -0.2) is 0 Å². The van der Waals surface area contributed by atoms with E-state index in [2.05, 4.69) is 30.2 Å². The molecule has 0 fully saturated rings. The first-order valence-corrected chi connectivity index (χ1v) is 7.23. The lowest BCUT2D eigenvalue weighted by Gasteiger charge is -2.00. The summed E-state index contributed by atoms with van der Waals surface area (Å²) in [6, 6.07) is 6.21. The second-order valence-corrected chi connectivity index (χ2v) is 5.17. The van der Waals surface area contributed by atoms with Gasteiger partial charge in [0.2, 0.25) is 0 Å². The van der Waals surface area contributed by atoms with E-state index in [4.69, 9.17) is 4.42 Å². The van der Waals surface area contributed by atoms with Gasteiger partial charge in [0.1, 0.15) is 11.5 Å². The summed E-state index contributed by atoms with van der Waals surface area (Å²) >= 11 is 1.72. The van der Waals surface area contributed by atoms with E-state index in [0.717, 1.165) is 29.1 Å². The monoisotopic (exact) mass is 266 g/mol. The molecule has 19 heavy (non-hydrogen) atoms. The highest BCUT2D eigenvalue weighted by Gasteiger charge is 2.13. The zero-order valence-electron chi connectivity index (χ0n) is 10.7. The van der Waals surface area contributed by atoms with E-state index in [0.29, 0.717) is 0 Å². The van der Waals surface area contributed by atoms with Gasteiger partial charge in [0.25, 0.3) is 0 Å². The van der Waals surface area contributed by atoms with Crippen LogP contribution in [0.25, 0.3) is 16.9 Å². The van der Waals surface area contributed by atoms with Gasteiger partial charge in [-0.2, -0.15) is 0 Å². The van der Waals surface area contributed by atoms with Crippen LogP contribution >= 0.6 is 11.3 Å². The van der Waals surface area contributed by atoms with Crippen molar-refractivity contribution < 1.29 is 4.42 Å². The molecule has 2 heteroatoms. The number of rotatable bonds is 3. The molecule has 0 aliphatic heterocycles. The van der Waals surface area contributed by atoms with Gasteiger partial charge in [-0.3, -0.25) is 0 Å². The molecule has 0 spiro atoms. The second-order valence-electron chi connectivity index (χ2n) is 4.25. The molecule has 0 aromatic carbocycles. The molecule has 0 radical (unpaired) electrons. The lowest BCUT2D eigenvalue weighted by molar-refractivity contribution is 0.529. The van der Waals surface area contributed by atoms with Crippen molar-refractivity contribution >= 4 is 16.9 Å². The largest absolute Gasteiger partial charge is 0.461 e. The van der Waals surface area contributed by atoms with E-state index in [1.807, 2.05) is 36.4 Å². The second kappa shape index (κ2) is 5.31. The van der Waals surface area contributed by atoms with Crippen LogP contribution in [0.5, 0.6) is 0 Å². The fourth-order valence-electron chi connectivity index (χ4n) is 2.02. The van der Waals surface area contributed by atoms with E-state index >= 15 is 0 Å². The summed E-state index contributed by atoms with van der Waals surface area (Å²) in [4.78, 5) is 1.20. The fraction of sp³-hybridized carbons (Fsp3) is 0.118. The maximum atomic E-state index is 5.86. The van der Waals surface area contributed by atoms with Crippen LogP contribution in [0.15, 0.2) is 64.1 Å². The van der Waals surface area contributed by atoms with Gasteiger partial charge in [-0.05, 0) is 35.7 Å². The van der Waals surface area contributed by atoms with Gasteiger partial charge < -0.3 is 4.42 Å². The smallest absolute Gasteiger partial charge is 0.135 e. The molecular formula is C17H14OS. The minimum absolute atomic E-state index is 0.923. The van der Waals surface area contributed by atoms with Gasteiger partial charge in [0.05, 0.1) is 4.88 Å². The summed E-state index contributed by atoms with van der Waals surface area (Å²) in [5.74, 6) is 1.96. The molecule has 0 amide bonds. The Bertz CT molecular complexity index is 703. The number of furan rings is 1. The molecule has 0 saturated heterocycles. The molecule has 2 heterocycles. The van der Waals surface area contributed by atoms with Crippen LogP contribution in [-0.2, 0) is 6.42 Å². The number of thiophene rings is 1. The molecule has 3 rings (SSSR count). The molecule has 0 saturated carbocycles. The van der Waals surface area contributed by atoms with Crippen molar-refractivity contribution in [3.8, 4) is 11.3 Å². The van der Waals surface area contributed by atoms with Gasteiger partial charge in [0, 0.05) is 17.6 Å². The number of aryl methyl sites for hydroxylation is 1. The Kier molecular flexibility index (Phi) is 3.37. The third kappa shape index (κ3) is 2.41. The maximum absolute atomic E-state index is 5.86. The van der Waals surface area contributed by atoms with Crippen molar-refractivity contribution in [3.05, 3.63) is 70.3 Å². The van der Waals surface area contributed by atoms with Gasteiger partial charge in [-0.15, -0.1) is 17.1 Å². The van der Waals surface area contributed by atoms with E-state index < -0.39 is 0 Å². The highest BCUT2D eigenvalue weighted by atomic mass is 32.1. The molecule has 1 aliphatic carbocycles. The summed E-state index contributed by atoms with van der Waals surface area (Å²) in [7, 11) is 0. The minimum Gasteiger partial charge on any atom is -0.461 e. The SMILES string of the molecule is CCc1ccc(-c2ccsc2C2=C=CC=CC=C2)o1. The molecule has 2 aromatic rings. The topological polar surface area (TPSA) is 13.1 Å². The first-order valence-electron chi connectivity index (χ1n) is 6.35. The summed E-state index contributed by atoms with van der Waals surface area (Å²) in [6.45, 7) is 2.10. The standard InChI is InChI=1S/C17H14OS/c1-2-14-9-10-16(18-14)15-11-12-19-17(15)13-7-5-3-4-6-8-13/h3-7,9-12H,2H2,1H3. The van der Waals surface area contributed by atoms with E-state index in [9.17, 15) is 0 Å². The van der Waals surface area contributed by atoms with Crippen molar-refractivity contribution in [1.82, 2.24) is 0 Å². The molecule has 2 aromatic heterocycles. The Morgan fingerprint density at radius 2 is 2.11 bits per heavy atom. The summed E-state index contributed by atoms with van der Waals surface area (Å²) < 4.78 is 5.86. The van der Waals surface area contributed by atoms with Gasteiger partial charge >= 0.3 is 0 Å². The summed E-state index contributed by atoms with van der Waals surface area (Å²) in [5.41, 5.74) is 5.55. The third-order valence-corrected chi connectivity index (χ3v) is 3.95. The van der Waals surface area contributed by atoms with E-state index in [1.165, 1.54) is 4.88 Å². The van der Waals surface area contributed by atoms with Crippen molar-refractivity contribution in [2.24, 2.45) is 0 Å². The minimum atomic E-state index is 0.923. The predicted molar refractivity (Wildman–Crippen MR) is 81.2 cm³/mol. The van der Waals surface area contributed by atoms with Crippen molar-refractivity contribution in [2.75, 3.05) is 0 Å². The van der Waals surface area contributed by atoms with Crippen LogP contribution in [0.3, 0.4) is 0 Å². The molecule has 0 bridgehead atoms. The Balaban J connectivity index is 2.06. The number of allylic oxidation sites excluding steroid dienone is 5. The van der Waals surface area contributed by atoms with Crippen molar-refractivity contribution in [3.63, 3.8) is 0 Å². The Morgan fingerprint density at radius 3 is 2.95 bits per heavy atom. The average molecular weight is 266 g/mol. The van der Waals surface area contributed by atoms with Crippen molar-refractivity contribution in [1.29, 1.82) is 0 Å². The predicted octanol–water partition coefficient (Wildman–Crippen LogP) is 5.24. The van der Waals surface area contributed by atoms with Crippen LogP contribution in [0.1, 0.15) is 17.6 Å². The first-order chi connectivity index (χ1) is 9.38. The lowest BCUT2D eigenvalue weighted by atomic mass is 10.1. The Morgan fingerprint density at radius 1 is 1.16 bits per heavy atom. The Hall–Kier alpha value is -2.02. The van der Waals surface area contributed by atoms with Crippen LogP contribution in [0, 0.1) is 0 Å². The van der Waals surface area contributed by atoms with Crippen LogP contribution < -0.4 is 0 Å². The first kappa shape index (κ1) is 12.0. The molecule has 1 nitrogen and oxygen atoms in total. The molecule has 0 atom stereocenters. The summed E-state index contributed by atoms with van der Waals surface area (Å²) in [6.07, 6.45) is 11.0.